The quantitative estimate of drug-likeness (QED) is 0.451. The van der Waals surface area contributed by atoms with E-state index in [1.165, 1.54) is 4.31 Å². The van der Waals surface area contributed by atoms with Gasteiger partial charge in [0.15, 0.2) is 0 Å². The molecule has 0 atom stereocenters. The first kappa shape index (κ1) is 16.4. The molecule has 0 amide bonds. The lowest BCUT2D eigenvalue weighted by molar-refractivity contribution is 0.471. The van der Waals surface area contributed by atoms with Crippen LogP contribution >= 0.6 is 0 Å². The first-order chi connectivity index (χ1) is 8.08. The Labute approximate surface area is 105 Å². The van der Waals surface area contributed by atoms with E-state index in [2.05, 4.69) is 25.4 Å². The van der Waals surface area contributed by atoms with Gasteiger partial charge in [-0.25, -0.2) is 8.42 Å². The molecule has 0 bridgehead atoms. The summed E-state index contributed by atoms with van der Waals surface area (Å²) in [7, 11) is -3.18. The molecule has 0 saturated heterocycles. The summed E-state index contributed by atoms with van der Waals surface area (Å²) in [5.74, 6) is 0.172. The van der Waals surface area contributed by atoms with Crippen LogP contribution < -0.4 is 5.32 Å². The molecule has 100 valence electrons. The van der Waals surface area contributed by atoms with Gasteiger partial charge in [0.2, 0.25) is 10.0 Å². The zero-order valence-corrected chi connectivity index (χ0v) is 11.5. The zero-order valence-electron chi connectivity index (χ0n) is 10.7. The molecule has 5 heteroatoms. The number of rotatable bonds is 11. The van der Waals surface area contributed by atoms with Crippen LogP contribution in [0, 0.1) is 0 Å². The van der Waals surface area contributed by atoms with Crippen molar-refractivity contribution < 1.29 is 8.42 Å². The Morgan fingerprint density at radius 1 is 1.18 bits per heavy atom. The predicted octanol–water partition coefficient (Wildman–Crippen LogP) is 1.38. The molecule has 17 heavy (non-hydrogen) atoms. The molecule has 0 aliphatic carbocycles. The van der Waals surface area contributed by atoms with E-state index in [4.69, 9.17) is 0 Å². The van der Waals surface area contributed by atoms with Gasteiger partial charge in [0.1, 0.15) is 0 Å². The largest absolute Gasteiger partial charge is 0.317 e. The van der Waals surface area contributed by atoms with Crippen LogP contribution in [0.3, 0.4) is 0 Å². The summed E-state index contributed by atoms with van der Waals surface area (Å²) < 4.78 is 25.3. The number of nitrogens with one attached hydrogen (secondary N) is 1. The van der Waals surface area contributed by atoms with E-state index in [9.17, 15) is 8.42 Å². The molecule has 0 aromatic rings. The van der Waals surface area contributed by atoms with Crippen molar-refractivity contribution in [1.29, 1.82) is 0 Å². The smallest absolute Gasteiger partial charge is 0.214 e. The summed E-state index contributed by atoms with van der Waals surface area (Å²) in [6.45, 7) is 11.6. The molecule has 4 nitrogen and oxygen atoms in total. The van der Waals surface area contributed by atoms with Crippen LogP contribution in [0.4, 0.5) is 0 Å². The van der Waals surface area contributed by atoms with Crippen molar-refractivity contribution in [3.63, 3.8) is 0 Å². The van der Waals surface area contributed by atoms with Crippen molar-refractivity contribution in [2.75, 3.05) is 31.9 Å². The highest BCUT2D eigenvalue weighted by atomic mass is 32.2. The lowest BCUT2D eigenvalue weighted by atomic mass is 10.4. The molecule has 0 aliphatic rings. The minimum Gasteiger partial charge on any atom is -0.317 e. The van der Waals surface area contributed by atoms with Gasteiger partial charge >= 0.3 is 0 Å². The summed E-state index contributed by atoms with van der Waals surface area (Å²) >= 11 is 0. The van der Waals surface area contributed by atoms with E-state index in [0.717, 1.165) is 19.5 Å². The highest BCUT2D eigenvalue weighted by molar-refractivity contribution is 7.89. The third kappa shape index (κ3) is 7.31. The fraction of sp³-hybridized carbons (Fsp3) is 0.667. The van der Waals surface area contributed by atoms with E-state index in [1.807, 2.05) is 0 Å². The summed E-state index contributed by atoms with van der Waals surface area (Å²) in [6, 6.07) is 0. The van der Waals surface area contributed by atoms with Crippen molar-refractivity contribution in [2.24, 2.45) is 0 Å². The fourth-order valence-electron chi connectivity index (χ4n) is 1.40. The lowest BCUT2D eigenvalue weighted by Crippen LogP contribution is -2.34. The van der Waals surface area contributed by atoms with E-state index < -0.39 is 10.0 Å². The molecule has 1 N–H and O–H groups in total. The van der Waals surface area contributed by atoms with Gasteiger partial charge < -0.3 is 5.32 Å². The summed E-state index contributed by atoms with van der Waals surface area (Å²) in [4.78, 5) is 0. The Bertz CT molecular complexity index is 302. The van der Waals surface area contributed by atoms with Crippen LogP contribution in [0.2, 0.25) is 0 Å². The second kappa shape index (κ2) is 9.39. The molecule has 0 spiro atoms. The van der Waals surface area contributed by atoms with Crippen molar-refractivity contribution in [3.8, 4) is 0 Å². The van der Waals surface area contributed by atoms with Crippen molar-refractivity contribution in [2.45, 2.75) is 19.8 Å². The first-order valence-corrected chi connectivity index (χ1v) is 7.59. The molecular weight excluding hydrogens is 236 g/mol. The molecular formula is C12H24N2O2S. The van der Waals surface area contributed by atoms with Crippen LogP contribution in [0.15, 0.2) is 25.3 Å². The molecule has 0 heterocycles. The molecule has 0 saturated carbocycles. The van der Waals surface area contributed by atoms with Gasteiger partial charge in [-0.15, -0.1) is 13.2 Å². The van der Waals surface area contributed by atoms with E-state index in [1.54, 1.807) is 12.2 Å². The Kier molecular flexibility index (Phi) is 9.03. The maximum Gasteiger partial charge on any atom is 0.214 e. The molecule has 0 aromatic heterocycles. The number of hydrogen-bond donors (Lipinski definition) is 1. The minimum absolute atomic E-state index is 0.172. The molecule has 0 aromatic carbocycles. The standard InChI is InChI=1S/C12H24N2O2S/c1-4-8-13-9-7-12-17(15,16)14(10-5-2)11-6-3/h5-6,13H,2-4,7-12H2,1H3. The fourth-order valence-corrected chi connectivity index (χ4v) is 2.83. The second-order valence-corrected chi connectivity index (χ2v) is 5.90. The molecule has 0 fully saturated rings. The Morgan fingerprint density at radius 2 is 1.76 bits per heavy atom. The molecule has 0 radical (unpaired) electrons. The number of nitrogens with zero attached hydrogens (tertiary/aromatic N) is 1. The van der Waals surface area contributed by atoms with Gasteiger partial charge in [0, 0.05) is 13.1 Å². The van der Waals surface area contributed by atoms with Gasteiger partial charge in [-0.2, -0.15) is 4.31 Å². The predicted molar refractivity (Wildman–Crippen MR) is 73.5 cm³/mol. The number of hydrogen-bond acceptors (Lipinski definition) is 3. The van der Waals surface area contributed by atoms with Crippen LogP contribution in [0.1, 0.15) is 19.8 Å². The highest BCUT2D eigenvalue weighted by Crippen LogP contribution is 2.03. The normalized spacial score (nSPS) is 11.6. The maximum absolute atomic E-state index is 11.9. The topological polar surface area (TPSA) is 49.4 Å². The van der Waals surface area contributed by atoms with Crippen LogP contribution in [-0.2, 0) is 10.0 Å². The van der Waals surface area contributed by atoms with E-state index in [0.29, 0.717) is 19.5 Å². The van der Waals surface area contributed by atoms with E-state index >= 15 is 0 Å². The van der Waals surface area contributed by atoms with Gasteiger partial charge in [-0.05, 0) is 25.9 Å². The average Bonchev–Trinajstić information content (AvgIpc) is 2.28. The minimum atomic E-state index is -3.18. The first-order valence-electron chi connectivity index (χ1n) is 5.98. The second-order valence-electron chi connectivity index (χ2n) is 3.81. The summed E-state index contributed by atoms with van der Waals surface area (Å²) in [6.07, 6.45) is 4.88. The molecule has 0 unspecified atom stereocenters. The molecule has 0 aliphatic heterocycles. The van der Waals surface area contributed by atoms with Crippen LogP contribution in [-0.4, -0.2) is 44.7 Å². The third-order valence-electron chi connectivity index (χ3n) is 2.24. The van der Waals surface area contributed by atoms with Crippen molar-refractivity contribution >= 4 is 10.0 Å². The van der Waals surface area contributed by atoms with Crippen LogP contribution in [0.5, 0.6) is 0 Å². The van der Waals surface area contributed by atoms with Gasteiger partial charge in [-0.3, -0.25) is 0 Å². The SMILES string of the molecule is C=CCN(CC=C)S(=O)(=O)CCCNCCC. The Hall–Kier alpha value is -0.650. The Morgan fingerprint density at radius 3 is 2.24 bits per heavy atom. The summed E-state index contributed by atoms with van der Waals surface area (Å²) in [5.41, 5.74) is 0. The van der Waals surface area contributed by atoms with Crippen LogP contribution in [0.25, 0.3) is 0 Å². The number of sulfonamides is 1. The average molecular weight is 260 g/mol. The maximum atomic E-state index is 11.9. The zero-order chi connectivity index (χ0) is 13.1. The van der Waals surface area contributed by atoms with E-state index in [-0.39, 0.29) is 5.75 Å². The van der Waals surface area contributed by atoms with Gasteiger partial charge in [-0.1, -0.05) is 19.1 Å². The van der Waals surface area contributed by atoms with Gasteiger partial charge in [0.05, 0.1) is 5.75 Å². The Balaban J connectivity index is 4.13. The monoisotopic (exact) mass is 260 g/mol. The summed E-state index contributed by atoms with van der Waals surface area (Å²) in [5, 5.41) is 3.19. The third-order valence-corrected chi connectivity index (χ3v) is 4.13. The highest BCUT2D eigenvalue weighted by Gasteiger charge is 2.18. The van der Waals surface area contributed by atoms with Gasteiger partial charge in [0.25, 0.3) is 0 Å². The lowest BCUT2D eigenvalue weighted by Gasteiger charge is -2.18. The van der Waals surface area contributed by atoms with Crippen molar-refractivity contribution in [1.82, 2.24) is 9.62 Å². The van der Waals surface area contributed by atoms with Crippen molar-refractivity contribution in [3.05, 3.63) is 25.3 Å². The molecule has 0 rings (SSSR count).